The Labute approximate surface area is 189 Å². The predicted molar refractivity (Wildman–Crippen MR) is 122 cm³/mol. The Balaban J connectivity index is 0.000000551. The van der Waals surface area contributed by atoms with Crippen molar-refractivity contribution in [3.63, 3.8) is 0 Å². The van der Waals surface area contributed by atoms with Gasteiger partial charge in [-0.1, -0.05) is 68.5 Å². The van der Waals surface area contributed by atoms with Crippen LogP contribution in [0, 0.1) is 12.3 Å². The Morgan fingerprint density at radius 1 is 1.03 bits per heavy atom. The van der Waals surface area contributed by atoms with Crippen molar-refractivity contribution in [2.45, 2.75) is 33.1 Å². The van der Waals surface area contributed by atoms with Crippen LogP contribution in [-0.2, 0) is 19.8 Å². The molecule has 0 amide bonds. The fourth-order valence-corrected chi connectivity index (χ4v) is 3.74. The zero-order valence-corrected chi connectivity index (χ0v) is 19.8. The molecule has 0 radical (unpaired) electrons. The minimum atomic E-state index is -0.181. The molecule has 5 heteroatoms. The van der Waals surface area contributed by atoms with E-state index in [0.29, 0.717) is 5.92 Å². The summed E-state index contributed by atoms with van der Waals surface area (Å²) in [5, 5.41) is 0. The van der Waals surface area contributed by atoms with Crippen molar-refractivity contribution < 1.29 is 13.4 Å². The van der Waals surface area contributed by atoms with Crippen LogP contribution in [0.2, 0.25) is 0 Å². The molecule has 3 aromatic rings. The predicted octanol–water partition coefficient (Wildman–Crippen LogP) is 7.47. The van der Waals surface area contributed by atoms with Gasteiger partial charge in [0.1, 0.15) is 5.82 Å². The van der Waals surface area contributed by atoms with Crippen LogP contribution in [0.25, 0.3) is 11.8 Å². The van der Waals surface area contributed by atoms with Crippen molar-refractivity contribution in [2.75, 3.05) is 0 Å². The molecule has 0 saturated heterocycles. The number of halogens is 2. The Morgan fingerprint density at radius 2 is 1.66 bits per heavy atom. The first-order chi connectivity index (χ1) is 14.1. The molecule has 0 bridgehead atoms. The number of fused-ring (bicyclic) bond motifs is 1. The zero-order valence-electron chi connectivity index (χ0n) is 17.1. The molecule has 1 heterocycles. The molecular weight excluding hydrogens is 439 g/mol. The monoisotopic (exact) mass is 465 g/mol. The Morgan fingerprint density at radius 3 is 2.34 bits per heavy atom. The van der Waals surface area contributed by atoms with Gasteiger partial charge in [-0.15, -0.1) is 0 Å². The van der Waals surface area contributed by atoms with Gasteiger partial charge in [-0.25, -0.2) is 4.98 Å². The molecule has 1 atom stereocenters. The van der Waals surface area contributed by atoms with E-state index >= 15 is 0 Å². The first kappa shape index (κ1) is 23.8. The van der Waals surface area contributed by atoms with Gasteiger partial charge in [0.05, 0.1) is 0 Å². The van der Waals surface area contributed by atoms with Crippen LogP contribution in [-0.4, -0.2) is 9.55 Å². The molecule has 4 rings (SSSR count). The molecule has 0 N–H and O–H groups in total. The second-order valence-corrected chi connectivity index (χ2v) is 9.34. The third kappa shape index (κ3) is 6.00. The van der Waals surface area contributed by atoms with Gasteiger partial charge in [-0.2, -0.15) is 6.92 Å². The molecule has 2 aromatic carbocycles. The first-order valence-electron chi connectivity index (χ1n) is 9.51. The normalized spacial score (nSPS) is 14.2. The van der Waals surface area contributed by atoms with Crippen LogP contribution in [0.3, 0.4) is 0 Å². The molecule has 1 unspecified atom stereocenters. The summed E-state index contributed by atoms with van der Waals surface area (Å²) in [5.41, 5.74) is 4.05. The molecule has 1 aliphatic carbocycles. The van der Waals surface area contributed by atoms with Crippen molar-refractivity contribution in [1.82, 2.24) is 9.55 Å². The van der Waals surface area contributed by atoms with E-state index in [4.69, 9.17) is 20.1 Å². The van der Waals surface area contributed by atoms with E-state index in [2.05, 4.69) is 97.2 Å². The maximum absolute atomic E-state index is 4.83. The van der Waals surface area contributed by atoms with Crippen molar-refractivity contribution in [3.8, 4) is 5.69 Å². The van der Waals surface area contributed by atoms with Gasteiger partial charge in [0.25, 0.3) is 0 Å². The summed E-state index contributed by atoms with van der Waals surface area (Å²) >= 11 is -0.181. The second-order valence-electron chi connectivity index (χ2n) is 7.24. The standard InChI is InChI=1S/C22H22N2.C2H5.2ClH.Cr/c1-22(2,20-13-12-17-8-6-7-11-19(17)20)16-21-23-14-15-24(21)18-9-4-3-5-10-18;1-2;;;/h3-15,20H,16H2,1-2H3;1H2,2H3;2*1H;/q;-1;;;+3/p-2. The summed E-state index contributed by atoms with van der Waals surface area (Å²) in [6.45, 7) is 9.68. The summed E-state index contributed by atoms with van der Waals surface area (Å²) in [4.78, 5) is 4.64. The van der Waals surface area contributed by atoms with Crippen molar-refractivity contribution in [2.24, 2.45) is 5.41 Å². The molecule has 0 saturated carbocycles. The summed E-state index contributed by atoms with van der Waals surface area (Å²) in [6.07, 6.45) is 9.49. The number of aromatic nitrogens is 2. The van der Waals surface area contributed by atoms with Crippen molar-refractivity contribution in [3.05, 3.63) is 96.9 Å². The molecule has 29 heavy (non-hydrogen) atoms. The number of benzene rings is 2. The van der Waals surface area contributed by atoms with E-state index in [1.54, 1.807) is 6.92 Å². The van der Waals surface area contributed by atoms with Gasteiger partial charge < -0.3 is 11.5 Å². The van der Waals surface area contributed by atoms with Crippen LogP contribution in [0.4, 0.5) is 0 Å². The SMILES string of the molecule is CC(C)(Cc1nccn1-c1ccccc1)C1C=Cc2ccccc21.[CH2-]C.[Cl][Cr+][Cl]. The van der Waals surface area contributed by atoms with Crippen molar-refractivity contribution in [1.29, 1.82) is 0 Å². The van der Waals surface area contributed by atoms with E-state index < -0.39 is 0 Å². The average Bonchev–Trinajstić information content (AvgIpc) is 3.38. The van der Waals surface area contributed by atoms with Gasteiger partial charge in [0.2, 0.25) is 0 Å². The molecule has 2 nitrogen and oxygen atoms in total. The maximum atomic E-state index is 4.83. The Hall–Kier alpha value is -1.50. The molecule has 0 fully saturated rings. The van der Waals surface area contributed by atoms with E-state index in [-0.39, 0.29) is 18.8 Å². The average molecular weight is 466 g/mol. The zero-order chi connectivity index (χ0) is 21.3. The summed E-state index contributed by atoms with van der Waals surface area (Å²) in [5.74, 6) is 1.54. The third-order valence-electron chi connectivity index (χ3n) is 5.01. The Bertz CT molecular complexity index is 904. The summed E-state index contributed by atoms with van der Waals surface area (Å²) < 4.78 is 2.20. The molecule has 1 aromatic heterocycles. The second kappa shape index (κ2) is 11.6. The van der Waals surface area contributed by atoms with Crippen LogP contribution in [0.1, 0.15) is 43.6 Å². The molecular formula is C24H27Cl2CrN2. The van der Waals surface area contributed by atoms with Gasteiger partial charge >= 0.3 is 33.5 Å². The van der Waals surface area contributed by atoms with Gasteiger partial charge in [0, 0.05) is 30.4 Å². The quantitative estimate of drug-likeness (QED) is 0.365. The van der Waals surface area contributed by atoms with E-state index in [1.807, 2.05) is 12.3 Å². The van der Waals surface area contributed by atoms with Gasteiger partial charge in [0.15, 0.2) is 0 Å². The first-order valence-corrected chi connectivity index (χ1v) is 13.0. The van der Waals surface area contributed by atoms with Crippen LogP contribution < -0.4 is 0 Å². The summed E-state index contributed by atoms with van der Waals surface area (Å²) in [7, 11) is 9.65. The molecule has 1 aliphatic rings. The summed E-state index contributed by atoms with van der Waals surface area (Å²) in [6, 6.07) is 19.1. The number of hydrogen-bond acceptors (Lipinski definition) is 1. The van der Waals surface area contributed by atoms with E-state index in [0.717, 1.165) is 12.2 Å². The van der Waals surface area contributed by atoms with Gasteiger partial charge in [-0.3, -0.25) is 0 Å². The number of allylic oxidation sites excluding steroid dienone is 1. The number of rotatable bonds is 4. The number of nitrogens with zero attached hydrogens (tertiary/aromatic N) is 2. The Kier molecular flexibility index (Phi) is 9.53. The van der Waals surface area contributed by atoms with E-state index in [9.17, 15) is 0 Å². The number of para-hydroxylation sites is 1. The van der Waals surface area contributed by atoms with E-state index in [1.165, 1.54) is 16.8 Å². The van der Waals surface area contributed by atoms with Crippen LogP contribution in [0.15, 0.2) is 73.1 Å². The molecule has 0 spiro atoms. The minimum absolute atomic E-state index is 0.0982. The topological polar surface area (TPSA) is 17.8 Å². The fourth-order valence-electron chi connectivity index (χ4n) is 3.74. The van der Waals surface area contributed by atoms with Gasteiger partial charge in [-0.05, 0) is 28.7 Å². The van der Waals surface area contributed by atoms with Crippen LogP contribution >= 0.6 is 20.1 Å². The number of imidazole rings is 1. The fraction of sp³-hybridized carbons (Fsp3) is 0.250. The molecule has 0 aliphatic heterocycles. The molecule has 153 valence electrons. The number of hydrogen-bond donors (Lipinski definition) is 0. The third-order valence-corrected chi connectivity index (χ3v) is 5.01. The van der Waals surface area contributed by atoms with Crippen LogP contribution in [0.5, 0.6) is 0 Å². The van der Waals surface area contributed by atoms with Crippen molar-refractivity contribution >= 4 is 26.2 Å².